The van der Waals surface area contributed by atoms with E-state index in [-0.39, 0.29) is 23.3 Å². The van der Waals surface area contributed by atoms with E-state index in [1.54, 1.807) is 0 Å². The highest BCUT2D eigenvalue weighted by molar-refractivity contribution is 7.92. The zero-order chi connectivity index (χ0) is 18.2. The first-order valence-corrected chi connectivity index (χ1v) is 9.86. The fraction of sp³-hybridized carbons (Fsp3) is 0.467. The van der Waals surface area contributed by atoms with Crippen molar-refractivity contribution in [2.24, 2.45) is 21.5 Å². The van der Waals surface area contributed by atoms with Gasteiger partial charge in [0.15, 0.2) is 0 Å². The molecular formula is C15H21FN6O2S. The number of halogens is 1. The Balaban J connectivity index is 2.09. The summed E-state index contributed by atoms with van der Waals surface area (Å²) in [7, 11) is -3.49. The van der Waals surface area contributed by atoms with Crippen LogP contribution >= 0.6 is 0 Å². The number of anilines is 2. The molecule has 5 N–H and O–H groups in total. The zero-order valence-corrected chi connectivity index (χ0v) is 14.7. The van der Waals surface area contributed by atoms with Crippen molar-refractivity contribution >= 4 is 33.3 Å². The molecule has 0 aromatic heterocycles. The molecule has 1 spiro atoms. The van der Waals surface area contributed by atoms with Crippen LogP contribution < -0.4 is 21.1 Å². The van der Waals surface area contributed by atoms with E-state index in [0.717, 1.165) is 25.5 Å². The van der Waals surface area contributed by atoms with Crippen LogP contribution in [0.15, 0.2) is 28.2 Å². The molecule has 0 radical (unpaired) electrons. The molecule has 3 rings (SSSR count). The van der Waals surface area contributed by atoms with Crippen molar-refractivity contribution in [1.82, 2.24) is 0 Å². The zero-order valence-electron chi connectivity index (χ0n) is 13.9. The first kappa shape index (κ1) is 17.5. The summed E-state index contributed by atoms with van der Waals surface area (Å²) in [5, 5.41) is 0. The number of aliphatic imine (C=N–C) groups is 2. The van der Waals surface area contributed by atoms with Gasteiger partial charge in [0.1, 0.15) is 11.5 Å². The Hall–Kier alpha value is -2.36. The lowest BCUT2D eigenvalue weighted by atomic mass is 9.87. The standard InChI is InChI=1S/C15H21FN6O2S/c1-25(23,24)21-10-5-6-11(16)12(9-10)22-14(18)19-13(17)20-15(22)7-3-2-4-8-15/h5-6,9,21H,2-4,7-8H2,1H3,(H4,17,18,19,20). The number of rotatable bonds is 3. The molecule has 1 aromatic rings. The smallest absolute Gasteiger partial charge is 0.229 e. The lowest BCUT2D eigenvalue weighted by Gasteiger charge is -2.45. The normalized spacial score (nSPS) is 20.2. The Labute approximate surface area is 145 Å². The Kier molecular flexibility index (Phi) is 4.31. The van der Waals surface area contributed by atoms with Crippen LogP contribution in [0.3, 0.4) is 0 Å². The summed E-state index contributed by atoms with van der Waals surface area (Å²) in [5.74, 6) is -0.427. The minimum absolute atomic E-state index is 0.0461. The van der Waals surface area contributed by atoms with Crippen molar-refractivity contribution in [3.8, 4) is 0 Å². The second-order valence-electron chi connectivity index (χ2n) is 6.36. The molecule has 25 heavy (non-hydrogen) atoms. The maximum atomic E-state index is 14.6. The van der Waals surface area contributed by atoms with E-state index >= 15 is 0 Å². The predicted molar refractivity (Wildman–Crippen MR) is 96.4 cm³/mol. The number of hydrogen-bond donors (Lipinski definition) is 3. The SMILES string of the molecule is CS(=O)(=O)Nc1ccc(F)c(N2C(N)=NC(N)=NC23CCCCC3)c1. The number of hydrogen-bond acceptors (Lipinski definition) is 7. The molecule has 0 amide bonds. The number of nitrogens with zero attached hydrogens (tertiary/aromatic N) is 3. The summed E-state index contributed by atoms with van der Waals surface area (Å²) in [4.78, 5) is 9.99. The number of sulfonamides is 1. The summed E-state index contributed by atoms with van der Waals surface area (Å²) < 4.78 is 39.9. The van der Waals surface area contributed by atoms with Crippen LogP contribution in [-0.4, -0.2) is 32.3 Å². The summed E-state index contributed by atoms with van der Waals surface area (Å²) >= 11 is 0. The van der Waals surface area contributed by atoms with E-state index in [4.69, 9.17) is 11.5 Å². The van der Waals surface area contributed by atoms with Crippen molar-refractivity contribution < 1.29 is 12.8 Å². The van der Waals surface area contributed by atoms with Crippen molar-refractivity contribution in [2.75, 3.05) is 15.9 Å². The largest absolute Gasteiger partial charge is 0.369 e. The molecule has 10 heteroatoms. The molecule has 0 unspecified atom stereocenters. The van der Waals surface area contributed by atoms with Gasteiger partial charge in [-0.05, 0) is 43.9 Å². The molecule has 1 aliphatic heterocycles. The average Bonchev–Trinajstić information content (AvgIpc) is 2.49. The quantitative estimate of drug-likeness (QED) is 0.741. The fourth-order valence-electron chi connectivity index (χ4n) is 3.43. The molecule has 1 saturated carbocycles. The molecule has 1 fully saturated rings. The van der Waals surface area contributed by atoms with Crippen molar-refractivity contribution in [2.45, 2.75) is 37.8 Å². The average molecular weight is 368 g/mol. The van der Waals surface area contributed by atoms with Crippen LogP contribution in [0.25, 0.3) is 0 Å². The van der Waals surface area contributed by atoms with Gasteiger partial charge in [-0.15, -0.1) is 0 Å². The second-order valence-corrected chi connectivity index (χ2v) is 8.11. The maximum absolute atomic E-state index is 14.6. The van der Waals surface area contributed by atoms with Crippen LogP contribution in [-0.2, 0) is 10.0 Å². The van der Waals surface area contributed by atoms with Gasteiger partial charge < -0.3 is 11.5 Å². The van der Waals surface area contributed by atoms with Gasteiger partial charge in [-0.25, -0.2) is 17.8 Å². The highest BCUT2D eigenvalue weighted by Crippen LogP contribution is 2.40. The van der Waals surface area contributed by atoms with E-state index in [0.29, 0.717) is 12.8 Å². The van der Waals surface area contributed by atoms with E-state index in [2.05, 4.69) is 14.7 Å². The van der Waals surface area contributed by atoms with E-state index < -0.39 is 21.5 Å². The van der Waals surface area contributed by atoms with E-state index in [9.17, 15) is 12.8 Å². The molecule has 0 atom stereocenters. The monoisotopic (exact) mass is 368 g/mol. The highest BCUT2D eigenvalue weighted by atomic mass is 32.2. The Bertz CT molecular complexity index is 846. The summed E-state index contributed by atoms with van der Waals surface area (Å²) in [6.07, 6.45) is 5.22. The summed E-state index contributed by atoms with van der Waals surface area (Å²) in [6, 6.07) is 3.93. The van der Waals surface area contributed by atoms with Crippen LogP contribution in [0.2, 0.25) is 0 Å². The second kappa shape index (κ2) is 6.17. The molecular weight excluding hydrogens is 347 g/mol. The lowest BCUT2D eigenvalue weighted by molar-refractivity contribution is 0.304. The molecule has 2 aliphatic rings. The highest BCUT2D eigenvalue weighted by Gasteiger charge is 2.43. The number of nitrogens with two attached hydrogens (primary N) is 2. The lowest BCUT2D eigenvalue weighted by Crippen LogP contribution is -2.58. The third kappa shape index (κ3) is 3.53. The van der Waals surface area contributed by atoms with Crippen molar-refractivity contribution in [3.05, 3.63) is 24.0 Å². The first-order chi connectivity index (χ1) is 11.7. The van der Waals surface area contributed by atoms with Crippen molar-refractivity contribution in [3.63, 3.8) is 0 Å². The molecule has 8 nitrogen and oxygen atoms in total. The molecule has 1 aliphatic carbocycles. The topological polar surface area (TPSA) is 126 Å². The fourth-order valence-corrected chi connectivity index (χ4v) is 3.99. The van der Waals surface area contributed by atoms with Gasteiger partial charge >= 0.3 is 0 Å². The van der Waals surface area contributed by atoms with Gasteiger partial charge in [0.05, 0.1) is 17.6 Å². The number of nitrogens with one attached hydrogen (secondary N) is 1. The van der Waals surface area contributed by atoms with Crippen LogP contribution in [0.4, 0.5) is 15.8 Å². The summed E-state index contributed by atoms with van der Waals surface area (Å²) in [6.45, 7) is 0. The van der Waals surface area contributed by atoms with Gasteiger partial charge in [0, 0.05) is 0 Å². The van der Waals surface area contributed by atoms with Crippen molar-refractivity contribution in [1.29, 1.82) is 0 Å². The molecule has 136 valence electrons. The van der Waals surface area contributed by atoms with Crippen LogP contribution in [0, 0.1) is 5.82 Å². The third-order valence-corrected chi connectivity index (χ3v) is 4.95. The Morgan fingerprint density at radius 3 is 2.56 bits per heavy atom. The Morgan fingerprint density at radius 1 is 1.24 bits per heavy atom. The van der Waals surface area contributed by atoms with E-state index in [1.165, 1.54) is 23.1 Å². The van der Waals surface area contributed by atoms with Gasteiger partial charge in [-0.3, -0.25) is 9.62 Å². The third-order valence-electron chi connectivity index (χ3n) is 4.34. The summed E-state index contributed by atoms with van der Waals surface area (Å²) in [5.41, 5.74) is 11.4. The minimum Gasteiger partial charge on any atom is -0.369 e. The van der Waals surface area contributed by atoms with E-state index in [1.807, 2.05) is 0 Å². The molecule has 0 saturated heterocycles. The molecule has 0 bridgehead atoms. The Morgan fingerprint density at radius 2 is 1.92 bits per heavy atom. The van der Waals surface area contributed by atoms with Gasteiger partial charge in [0.25, 0.3) is 0 Å². The van der Waals surface area contributed by atoms with Crippen LogP contribution in [0.1, 0.15) is 32.1 Å². The first-order valence-electron chi connectivity index (χ1n) is 7.97. The van der Waals surface area contributed by atoms with Gasteiger partial charge in [0.2, 0.25) is 21.9 Å². The molecule has 1 aromatic carbocycles. The minimum atomic E-state index is -3.49. The number of guanidine groups is 2. The number of benzene rings is 1. The van der Waals surface area contributed by atoms with Gasteiger partial charge in [-0.2, -0.15) is 4.99 Å². The maximum Gasteiger partial charge on any atom is 0.229 e. The van der Waals surface area contributed by atoms with Gasteiger partial charge in [-0.1, -0.05) is 6.42 Å². The molecule has 1 heterocycles. The van der Waals surface area contributed by atoms with Crippen LogP contribution in [0.5, 0.6) is 0 Å². The predicted octanol–water partition coefficient (Wildman–Crippen LogP) is 1.31.